The molecule has 1 aliphatic carbocycles. The maximum Gasteiger partial charge on any atom is 0.180 e. The second-order valence-electron chi connectivity index (χ2n) is 5.71. The van der Waals surface area contributed by atoms with E-state index in [4.69, 9.17) is 4.74 Å². The fourth-order valence-corrected chi connectivity index (χ4v) is 4.54. The van der Waals surface area contributed by atoms with Crippen LogP contribution < -0.4 is 4.74 Å². The van der Waals surface area contributed by atoms with Gasteiger partial charge in [-0.2, -0.15) is 0 Å². The second-order valence-corrected chi connectivity index (χ2v) is 8.08. The van der Waals surface area contributed by atoms with Gasteiger partial charge in [0, 0.05) is 5.56 Å². The largest absolute Gasteiger partial charge is 0.497 e. The minimum Gasteiger partial charge on any atom is -0.497 e. The van der Waals surface area contributed by atoms with E-state index in [1.165, 1.54) is 6.92 Å². The Morgan fingerprint density at radius 1 is 1.24 bits per heavy atom. The number of ketones is 1. The predicted octanol–water partition coefficient (Wildman–Crippen LogP) is 2.87. The molecule has 0 saturated heterocycles. The number of hydrogen-bond donors (Lipinski definition) is 0. The van der Waals surface area contributed by atoms with Gasteiger partial charge in [-0.05, 0) is 49.9 Å². The first-order valence-electron chi connectivity index (χ1n) is 7.34. The summed E-state index contributed by atoms with van der Waals surface area (Å²) in [4.78, 5) is 12.3. The van der Waals surface area contributed by atoms with Crippen molar-refractivity contribution in [3.63, 3.8) is 0 Å². The van der Waals surface area contributed by atoms with Gasteiger partial charge in [0.15, 0.2) is 15.6 Å². The molecule has 0 N–H and O–H groups in total. The Balaban J connectivity index is 2.09. The number of benzene rings is 1. The summed E-state index contributed by atoms with van der Waals surface area (Å²) in [6.45, 7) is 1.50. The number of hydrogen-bond acceptors (Lipinski definition) is 4. The van der Waals surface area contributed by atoms with E-state index in [1.54, 1.807) is 31.4 Å². The highest BCUT2D eigenvalue weighted by molar-refractivity contribution is 7.92. The van der Waals surface area contributed by atoms with Crippen LogP contribution in [0.1, 0.15) is 43.0 Å². The molecule has 4 nitrogen and oxygen atoms in total. The highest BCUT2D eigenvalue weighted by atomic mass is 32.2. The van der Waals surface area contributed by atoms with Crippen molar-refractivity contribution in [1.82, 2.24) is 0 Å². The summed E-state index contributed by atoms with van der Waals surface area (Å²) in [6, 6.07) is 6.57. The van der Waals surface area contributed by atoms with E-state index in [1.807, 2.05) is 0 Å². The van der Waals surface area contributed by atoms with E-state index < -0.39 is 15.1 Å². The third-order valence-electron chi connectivity index (χ3n) is 4.23. The zero-order valence-corrected chi connectivity index (χ0v) is 13.4. The van der Waals surface area contributed by atoms with Crippen LogP contribution in [0.5, 0.6) is 5.75 Å². The second kappa shape index (κ2) is 6.60. The number of sulfone groups is 1. The number of ether oxygens (including phenoxy) is 1. The van der Waals surface area contributed by atoms with Crippen LogP contribution in [0.15, 0.2) is 24.3 Å². The van der Waals surface area contributed by atoms with E-state index in [2.05, 4.69) is 0 Å². The van der Waals surface area contributed by atoms with Crippen LogP contribution in [0.25, 0.3) is 0 Å². The lowest BCUT2D eigenvalue weighted by atomic mass is 10.1. The molecular weight excluding hydrogens is 288 g/mol. The Kier molecular flexibility index (Phi) is 5.04. The van der Waals surface area contributed by atoms with Crippen LogP contribution >= 0.6 is 0 Å². The molecule has 1 fully saturated rings. The monoisotopic (exact) mass is 310 g/mol. The zero-order valence-electron chi connectivity index (χ0n) is 12.5. The van der Waals surface area contributed by atoms with Gasteiger partial charge in [-0.1, -0.05) is 12.8 Å². The van der Waals surface area contributed by atoms with Gasteiger partial charge in [-0.3, -0.25) is 4.79 Å². The van der Waals surface area contributed by atoms with Crippen molar-refractivity contribution in [1.29, 1.82) is 0 Å². The predicted molar refractivity (Wildman–Crippen MR) is 82.5 cm³/mol. The molecule has 5 heteroatoms. The molecule has 0 radical (unpaired) electrons. The van der Waals surface area contributed by atoms with Crippen molar-refractivity contribution in [3.05, 3.63) is 29.8 Å². The number of Topliss-reactive ketones (excluding diaryl/α,β-unsaturated/α-hetero) is 1. The highest BCUT2D eigenvalue weighted by Crippen LogP contribution is 2.27. The molecule has 1 atom stereocenters. The molecule has 0 amide bonds. The lowest BCUT2D eigenvalue weighted by Crippen LogP contribution is -2.31. The molecule has 0 aliphatic heterocycles. The minimum atomic E-state index is -3.39. The number of carbonyl (C=O) groups is 1. The van der Waals surface area contributed by atoms with Crippen molar-refractivity contribution < 1.29 is 17.9 Å². The van der Waals surface area contributed by atoms with Crippen LogP contribution in [0.2, 0.25) is 0 Å². The van der Waals surface area contributed by atoms with Gasteiger partial charge in [0.2, 0.25) is 0 Å². The maximum absolute atomic E-state index is 12.4. The molecule has 21 heavy (non-hydrogen) atoms. The van der Waals surface area contributed by atoms with Crippen molar-refractivity contribution in [3.8, 4) is 5.75 Å². The molecule has 1 saturated carbocycles. The Morgan fingerprint density at radius 2 is 1.81 bits per heavy atom. The van der Waals surface area contributed by atoms with Crippen molar-refractivity contribution >= 4 is 15.6 Å². The summed E-state index contributed by atoms with van der Waals surface area (Å²) in [5.41, 5.74) is 0.415. The summed E-state index contributed by atoms with van der Waals surface area (Å²) >= 11 is 0. The molecule has 0 bridgehead atoms. The van der Waals surface area contributed by atoms with Crippen molar-refractivity contribution in [2.24, 2.45) is 5.92 Å². The topological polar surface area (TPSA) is 60.4 Å². The molecule has 1 aliphatic rings. The third kappa shape index (κ3) is 3.84. The standard InChI is InChI=1S/C16H22O4S/c1-12(21(18,19)11-13-5-3-4-6-13)16(17)14-7-9-15(20-2)10-8-14/h7-10,12-13H,3-6,11H2,1-2H3. The van der Waals surface area contributed by atoms with Crippen LogP contribution in [0.4, 0.5) is 0 Å². The van der Waals surface area contributed by atoms with Crippen molar-refractivity contribution in [2.75, 3.05) is 12.9 Å². The molecule has 116 valence electrons. The maximum atomic E-state index is 12.4. The average Bonchev–Trinajstić information content (AvgIpc) is 2.98. The Labute approximate surface area is 126 Å². The van der Waals surface area contributed by atoms with Crippen molar-refractivity contribution in [2.45, 2.75) is 37.9 Å². The average molecular weight is 310 g/mol. The zero-order chi connectivity index (χ0) is 15.5. The van der Waals surface area contributed by atoms with Gasteiger partial charge < -0.3 is 4.74 Å². The van der Waals surface area contributed by atoms with Gasteiger partial charge in [0.1, 0.15) is 11.0 Å². The van der Waals surface area contributed by atoms with Gasteiger partial charge in [-0.25, -0.2) is 8.42 Å². The number of carbonyl (C=O) groups excluding carboxylic acids is 1. The molecule has 2 rings (SSSR count). The van der Waals surface area contributed by atoms with E-state index in [-0.39, 0.29) is 17.5 Å². The molecular formula is C16H22O4S. The molecule has 0 aromatic heterocycles. The summed E-state index contributed by atoms with van der Waals surface area (Å²) in [5.74, 6) is 0.667. The first kappa shape index (κ1) is 16.0. The van der Waals surface area contributed by atoms with E-state index in [0.717, 1.165) is 25.7 Å². The Morgan fingerprint density at radius 3 is 2.33 bits per heavy atom. The lowest BCUT2D eigenvalue weighted by Gasteiger charge is -2.15. The molecule has 1 aromatic rings. The molecule has 1 unspecified atom stereocenters. The van der Waals surface area contributed by atoms with Gasteiger partial charge in [0.05, 0.1) is 12.9 Å². The first-order valence-corrected chi connectivity index (χ1v) is 9.05. The smallest absolute Gasteiger partial charge is 0.180 e. The minimum absolute atomic E-state index is 0.135. The number of methoxy groups -OCH3 is 1. The normalized spacial score (nSPS) is 17.6. The number of rotatable bonds is 6. The summed E-state index contributed by atoms with van der Waals surface area (Å²) in [5, 5.41) is -0.980. The fraction of sp³-hybridized carbons (Fsp3) is 0.562. The Bertz CT molecular complexity index is 583. The quantitative estimate of drug-likeness (QED) is 0.758. The van der Waals surface area contributed by atoms with Crippen LogP contribution in [0.3, 0.4) is 0 Å². The van der Waals surface area contributed by atoms with Gasteiger partial charge >= 0.3 is 0 Å². The van der Waals surface area contributed by atoms with E-state index in [0.29, 0.717) is 11.3 Å². The summed E-state index contributed by atoms with van der Waals surface area (Å²) in [7, 11) is -1.84. The highest BCUT2D eigenvalue weighted by Gasteiger charge is 2.32. The summed E-state index contributed by atoms with van der Waals surface area (Å²) < 4.78 is 29.8. The van der Waals surface area contributed by atoms with E-state index >= 15 is 0 Å². The van der Waals surface area contributed by atoms with E-state index in [9.17, 15) is 13.2 Å². The Hall–Kier alpha value is -1.36. The molecule has 0 heterocycles. The fourth-order valence-electron chi connectivity index (χ4n) is 2.80. The lowest BCUT2D eigenvalue weighted by molar-refractivity contribution is 0.0991. The van der Waals surface area contributed by atoms with Gasteiger partial charge in [0.25, 0.3) is 0 Å². The molecule has 0 spiro atoms. The third-order valence-corrected chi connectivity index (χ3v) is 6.45. The molecule has 1 aromatic carbocycles. The van der Waals surface area contributed by atoms with Crippen LogP contribution in [0, 0.1) is 5.92 Å². The first-order chi connectivity index (χ1) is 9.94. The summed E-state index contributed by atoms with van der Waals surface area (Å²) in [6.07, 6.45) is 4.12. The van der Waals surface area contributed by atoms with Gasteiger partial charge in [-0.15, -0.1) is 0 Å². The van der Waals surface area contributed by atoms with Crippen LogP contribution in [-0.2, 0) is 9.84 Å². The van der Waals surface area contributed by atoms with Crippen LogP contribution in [-0.4, -0.2) is 32.3 Å². The SMILES string of the molecule is COc1ccc(C(=O)C(C)S(=O)(=O)CC2CCCC2)cc1.